The van der Waals surface area contributed by atoms with Crippen LogP contribution in [0.25, 0.3) is 0 Å². The zero-order valence-electron chi connectivity index (χ0n) is 26.5. The molecule has 2 unspecified atom stereocenters. The summed E-state index contributed by atoms with van der Waals surface area (Å²) in [4.78, 5) is 42.7. The lowest BCUT2D eigenvalue weighted by molar-refractivity contribution is -0.521. The van der Waals surface area contributed by atoms with Crippen LogP contribution in [-0.2, 0) is 34.8 Å². The number of likely N-dealkylation sites (N-methyl/N-ethyl adjacent to an activating group) is 1. The summed E-state index contributed by atoms with van der Waals surface area (Å²) in [6, 6.07) is 5.00. The third-order valence-corrected chi connectivity index (χ3v) is 10.4. The van der Waals surface area contributed by atoms with Gasteiger partial charge in [-0.2, -0.15) is 8.42 Å². The van der Waals surface area contributed by atoms with E-state index in [1.54, 1.807) is 12.1 Å². The van der Waals surface area contributed by atoms with Gasteiger partial charge in [-0.1, -0.05) is 44.6 Å². The molecule has 1 aliphatic carbocycles. The molecule has 45 heavy (non-hydrogen) atoms. The van der Waals surface area contributed by atoms with Crippen molar-refractivity contribution in [3.63, 3.8) is 0 Å². The zero-order valence-corrected chi connectivity index (χ0v) is 27.3. The van der Waals surface area contributed by atoms with E-state index in [1.807, 2.05) is 13.8 Å². The topological polar surface area (TPSA) is 124 Å². The van der Waals surface area contributed by atoms with Gasteiger partial charge in [-0.25, -0.2) is 9.37 Å². The fourth-order valence-electron chi connectivity index (χ4n) is 7.06. The second-order valence-corrected chi connectivity index (χ2v) is 14.6. The Kier molecular flexibility index (Phi) is 8.80. The van der Waals surface area contributed by atoms with Gasteiger partial charge in [-0.3, -0.25) is 14.1 Å². The second-order valence-electron chi connectivity index (χ2n) is 13.2. The van der Waals surface area contributed by atoms with Crippen molar-refractivity contribution in [2.45, 2.75) is 82.6 Å². The van der Waals surface area contributed by atoms with Gasteiger partial charge >= 0.3 is 5.97 Å². The summed E-state index contributed by atoms with van der Waals surface area (Å²) in [5.41, 5.74) is 3.26. The van der Waals surface area contributed by atoms with Gasteiger partial charge in [0, 0.05) is 48.7 Å². The monoisotopic (exact) mass is 636 g/mol. The van der Waals surface area contributed by atoms with E-state index in [2.05, 4.69) is 72.9 Å². The Bertz CT molecular complexity index is 1660. The molecule has 240 valence electrons. The summed E-state index contributed by atoms with van der Waals surface area (Å²) in [5, 5.41) is 0.570. The number of hydrogen-bond acceptors (Lipinski definition) is 7. The number of unbranched alkanes of at least 4 members (excludes halogenated alkanes) is 2. The number of nitrogens with zero attached hydrogens (tertiary/aromatic N) is 3. The van der Waals surface area contributed by atoms with Crippen LogP contribution in [0.5, 0.6) is 0 Å². The van der Waals surface area contributed by atoms with Crippen LogP contribution in [0.15, 0.2) is 71.3 Å². The quantitative estimate of drug-likeness (QED) is 0.167. The molecule has 2 atom stereocenters. The Hall–Kier alpha value is -3.83. The highest BCUT2D eigenvalue weighted by Gasteiger charge is 2.51. The molecule has 1 aromatic carbocycles. The van der Waals surface area contributed by atoms with Crippen molar-refractivity contribution >= 4 is 39.3 Å². The first-order valence-electron chi connectivity index (χ1n) is 15.4. The Morgan fingerprint density at radius 3 is 2.42 bits per heavy atom. The molecular formula is C34H42N3O7S+. The normalized spacial score (nSPS) is 24.4. The number of hydrogen-bond donors (Lipinski definition) is 1. The summed E-state index contributed by atoms with van der Waals surface area (Å²) in [7, 11) is -2.25. The number of rotatable bonds is 10. The molecule has 5 rings (SSSR count). The number of benzene rings is 1. The van der Waals surface area contributed by atoms with Crippen LogP contribution in [0, 0.1) is 11.3 Å². The Morgan fingerprint density at radius 2 is 1.76 bits per heavy atom. The molecule has 1 aromatic rings. The number of allylic oxidation sites excluding steroid dienone is 6. The molecule has 11 heteroatoms. The minimum Gasteiger partial charge on any atom is -0.344 e. The molecule has 3 heterocycles. The van der Waals surface area contributed by atoms with Gasteiger partial charge in [0.05, 0.1) is 16.2 Å². The van der Waals surface area contributed by atoms with Crippen molar-refractivity contribution in [1.29, 1.82) is 0 Å². The smallest absolute Gasteiger partial charge is 0.333 e. The van der Waals surface area contributed by atoms with E-state index in [4.69, 9.17) is 4.84 Å². The van der Waals surface area contributed by atoms with Crippen molar-refractivity contribution in [2.24, 2.45) is 11.3 Å². The fourth-order valence-corrected chi connectivity index (χ4v) is 7.57. The lowest BCUT2D eigenvalue weighted by Gasteiger charge is -2.27. The summed E-state index contributed by atoms with van der Waals surface area (Å²) in [6.45, 7) is 9.22. The number of anilines is 1. The molecule has 3 aliphatic heterocycles. The van der Waals surface area contributed by atoms with E-state index in [0.29, 0.717) is 36.4 Å². The number of imide groups is 1. The Balaban J connectivity index is 1.34. The van der Waals surface area contributed by atoms with E-state index >= 15 is 0 Å². The number of carbonyl (C=O) groups excluding carboxylic acids is 3. The standard InChI is InChI=1S/C34H41N3O7S/c1-33(2)24-12-8-9-13-26(24)35(5)28(33)14-11-15-29-34(3,4)25-22-23(45(41,42)43)17-18-27(25)36(29)21-10-6-7-16-32(40)44-37-30(38)19-20-31(37)39/h8-9,11-15,17-18,22,24,26H,6-7,10,16,19-21H2,1-5H3/p+1. The molecule has 2 amide bonds. The first kappa shape index (κ1) is 32.6. The van der Waals surface area contributed by atoms with Crippen LogP contribution in [-0.4, -0.2) is 65.7 Å². The first-order chi connectivity index (χ1) is 21.1. The molecule has 0 saturated carbocycles. The number of fused-ring (bicyclic) bond motifs is 2. The highest BCUT2D eigenvalue weighted by atomic mass is 32.2. The third-order valence-electron chi connectivity index (χ3n) is 9.56. The molecule has 0 aromatic heterocycles. The van der Waals surface area contributed by atoms with Crippen molar-refractivity contribution < 1.29 is 36.8 Å². The summed E-state index contributed by atoms with van der Waals surface area (Å²) >= 11 is 0. The minimum absolute atomic E-state index is 0.0556. The summed E-state index contributed by atoms with van der Waals surface area (Å²) in [5.74, 6) is -1.24. The van der Waals surface area contributed by atoms with Gasteiger partial charge in [0.25, 0.3) is 21.9 Å². The predicted octanol–water partition coefficient (Wildman–Crippen LogP) is 4.87. The minimum atomic E-state index is -4.38. The van der Waals surface area contributed by atoms with Crippen LogP contribution in [0.1, 0.15) is 71.8 Å². The first-order valence-corrected chi connectivity index (χ1v) is 16.9. The van der Waals surface area contributed by atoms with Crippen molar-refractivity contribution in [3.8, 4) is 0 Å². The average molecular weight is 637 g/mol. The van der Waals surface area contributed by atoms with Gasteiger partial charge in [-0.15, -0.1) is 5.06 Å². The second kappa shape index (κ2) is 12.2. The molecule has 0 radical (unpaired) electrons. The van der Waals surface area contributed by atoms with Gasteiger partial charge in [0.15, 0.2) is 11.8 Å². The maximum atomic E-state index is 12.2. The molecule has 1 N–H and O–H groups in total. The lowest BCUT2D eigenvalue weighted by atomic mass is 9.73. The van der Waals surface area contributed by atoms with E-state index in [-0.39, 0.29) is 29.6 Å². The van der Waals surface area contributed by atoms with Crippen molar-refractivity contribution in [1.82, 2.24) is 5.06 Å². The van der Waals surface area contributed by atoms with Gasteiger partial charge in [0.1, 0.15) is 7.05 Å². The maximum absolute atomic E-state index is 12.2. The van der Waals surface area contributed by atoms with Crippen LogP contribution in [0.3, 0.4) is 0 Å². The molecule has 0 bridgehead atoms. The van der Waals surface area contributed by atoms with Crippen molar-refractivity contribution in [2.75, 3.05) is 18.5 Å². The predicted molar refractivity (Wildman–Crippen MR) is 170 cm³/mol. The molecule has 10 nitrogen and oxygen atoms in total. The Morgan fingerprint density at radius 1 is 1.07 bits per heavy atom. The van der Waals surface area contributed by atoms with Crippen LogP contribution < -0.4 is 4.90 Å². The van der Waals surface area contributed by atoms with Crippen molar-refractivity contribution in [3.05, 3.63) is 72.0 Å². The van der Waals surface area contributed by atoms with E-state index in [9.17, 15) is 27.4 Å². The van der Waals surface area contributed by atoms with Gasteiger partial charge < -0.3 is 9.74 Å². The highest BCUT2D eigenvalue weighted by molar-refractivity contribution is 7.85. The van der Waals surface area contributed by atoms with E-state index in [1.165, 1.54) is 11.8 Å². The fraction of sp³-hybridized carbons (Fsp3) is 0.471. The van der Waals surface area contributed by atoms with Gasteiger partial charge in [-0.05, 0) is 62.6 Å². The molecule has 1 saturated heterocycles. The molecule has 0 spiro atoms. The molecule has 1 fully saturated rings. The maximum Gasteiger partial charge on any atom is 0.333 e. The Labute approximate surface area is 265 Å². The van der Waals surface area contributed by atoms with Crippen LogP contribution in [0.2, 0.25) is 0 Å². The van der Waals surface area contributed by atoms with Crippen LogP contribution >= 0.6 is 0 Å². The SMILES string of the molecule is C[N+]1=C(C=CC=C2N(CCCCCC(=O)ON3C(=O)CCC3=O)c3ccc(S(=O)(=O)O)cc3C2(C)C)C(C)(C)C2C=CC=CC21. The van der Waals surface area contributed by atoms with Crippen LogP contribution in [0.4, 0.5) is 5.69 Å². The number of amides is 2. The number of carbonyl (C=O) groups is 3. The summed E-state index contributed by atoms with van der Waals surface area (Å²) < 4.78 is 36.1. The highest BCUT2D eigenvalue weighted by Crippen LogP contribution is 2.49. The van der Waals surface area contributed by atoms with Gasteiger partial charge in [0.2, 0.25) is 0 Å². The lowest BCUT2D eigenvalue weighted by Crippen LogP contribution is -2.32. The van der Waals surface area contributed by atoms with E-state index in [0.717, 1.165) is 23.4 Å². The molecule has 4 aliphatic rings. The van der Waals surface area contributed by atoms with E-state index < -0.39 is 33.3 Å². The average Bonchev–Trinajstić information content (AvgIpc) is 3.48. The third kappa shape index (κ3) is 6.20. The summed E-state index contributed by atoms with van der Waals surface area (Å²) in [6.07, 6.45) is 17.2. The number of hydroxylamine groups is 2. The molecular weight excluding hydrogens is 594 g/mol. The zero-order chi connectivity index (χ0) is 32.7. The largest absolute Gasteiger partial charge is 0.344 e.